The molecule has 2 rings (SSSR count). The van der Waals surface area contributed by atoms with E-state index in [1.807, 2.05) is 0 Å². The van der Waals surface area contributed by atoms with Crippen LogP contribution in [0.1, 0.15) is 24.7 Å². The van der Waals surface area contributed by atoms with Crippen molar-refractivity contribution in [2.24, 2.45) is 0 Å². The first-order valence-electron chi connectivity index (χ1n) is 7.55. The van der Waals surface area contributed by atoms with E-state index in [1.54, 1.807) is 18.7 Å². The zero-order chi connectivity index (χ0) is 17.9. The lowest BCUT2D eigenvalue weighted by atomic mass is 10.3. The van der Waals surface area contributed by atoms with Crippen LogP contribution < -0.4 is 0 Å². The third-order valence-corrected chi connectivity index (χ3v) is 4.79. The van der Waals surface area contributed by atoms with Gasteiger partial charge in [-0.1, -0.05) is 0 Å². The smallest absolute Gasteiger partial charge is 0.409 e. The normalized spacial score (nSPS) is 15.1. The molecule has 1 saturated heterocycles. The summed E-state index contributed by atoms with van der Waals surface area (Å²) >= 11 is 3.08. The van der Waals surface area contributed by atoms with E-state index in [0.29, 0.717) is 38.5 Å². The van der Waals surface area contributed by atoms with Gasteiger partial charge in [-0.15, -0.1) is 0 Å². The molecule has 1 aliphatic heterocycles. The highest BCUT2D eigenvalue weighted by molar-refractivity contribution is 9.10. The highest BCUT2D eigenvalue weighted by Gasteiger charge is 2.26. The molecule has 0 atom stereocenters. The van der Waals surface area contributed by atoms with Crippen molar-refractivity contribution in [3.05, 3.63) is 15.9 Å². The van der Waals surface area contributed by atoms with Crippen LogP contribution in [0.15, 0.2) is 4.47 Å². The van der Waals surface area contributed by atoms with Gasteiger partial charge in [-0.25, -0.2) is 13.6 Å². The third kappa shape index (κ3) is 4.03. The van der Waals surface area contributed by atoms with E-state index >= 15 is 0 Å². The SMILES string of the molecule is CCOC(=O)N1CCN(C(=O)Cn2nc(C(F)F)c(Br)c2C)CC1. The number of rotatable bonds is 4. The molecule has 1 aromatic heterocycles. The number of hydrogen-bond donors (Lipinski definition) is 0. The van der Waals surface area contributed by atoms with Gasteiger partial charge >= 0.3 is 6.09 Å². The number of piperazine rings is 1. The Labute approximate surface area is 146 Å². The first-order chi connectivity index (χ1) is 11.3. The fourth-order valence-electron chi connectivity index (χ4n) is 2.42. The Morgan fingerprint density at radius 2 is 1.83 bits per heavy atom. The van der Waals surface area contributed by atoms with Crippen LogP contribution in [-0.2, 0) is 16.1 Å². The van der Waals surface area contributed by atoms with Crippen LogP contribution in [0, 0.1) is 6.92 Å². The molecule has 2 heterocycles. The number of carbonyl (C=O) groups is 2. The zero-order valence-electron chi connectivity index (χ0n) is 13.5. The summed E-state index contributed by atoms with van der Waals surface area (Å²) in [5.74, 6) is -0.225. The van der Waals surface area contributed by atoms with Gasteiger partial charge in [0.25, 0.3) is 6.43 Å². The zero-order valence-corrected chi connectivity index (χ0v) is 15.1. The molecular formula is C14H19BrF2N4O3. The quantitative estimate of drug-likeness (QED) is 0.765. The summed E-state index contributed by atoms with van der Waals surface area (Å²) < 4.78 is 32.1. The summed E-state index contributed by atoms with van der Waals surface area (Å²) in [6, 6.07) is 0. The summed E-state index contributed by atoms with van der Waals surface area (Å²) in [6.45, 7) is 5.06. The van der Waals surface area contributed by atoms with E-state index in [1.165, 1.54) is 9.58 Å². The van der Waals surface area contributed by atoms with Gasteiger partial charge in [-0.2, -0.15) is 5.10 Å². The van der Waals surface area contributed by atoms with E-state index in [4.69, 9.17) is 4.74 Å². The van der Waals surface area contributed by atoms with Gasteiger partial charge in [0, 0.05) is 26.2 Å². The molecule has 2 amide bonds. The molecule has 0 radical (unpaired) electrons. The van der Waals surface area contributed by atoms with Crippen LogP contribution in [0.25, 0.3) is 0 Å². The van der Waals surface area contributed by atoms with Crippen molar-refractivity contribution in [2.75, 3.05) is 32.8 Å². The van der Waals surface area contributed by atoms with Crippen LogP contribution in [0.3, 0.4) is 0 Å². The fourth-order valence-corrected chi connectivity index (χ4v) is 2.88. The number of nitrogens with zero attached hydrogens (tertiary/aromatic N) is 4. The Bertz CT molecular complexity index is 615. The lowest BCUT2D eigenvalue weighted by molar-refractivity contribution is -0.133. The molecule has 0 spiro atoms. The maximum absolute atomic E-state index is 12.8. The molecule has 24 heavy (non-hydrogen) atoms. The monoisotopic (exact) mass is 408 g/mol. The molecule has 134 valence electrons. The number of alkyl halides is 2. The number of amides is 2. The minimum Gasteiger partial charge on any atom is -0.450 e. The van der Waals surface area contributed by atoms with Crippen LogP contribution in [0.2, 0.25) is 0 Å². The van der Waals surface area contributed by atoms with Gasteiger partial charge in [0.2, 0.25) is 5.91 Å². The van der Waals surface area contributed by atoms with Gasteiger partial charge in [0.1, 0.15) is 12.2 Å². The lowest BCUT2D eigenvalue weighted by Gasteiger charge is -2.34. The van der Waals surface area contributed by atoms with E-state index in [9.17, 15) is 18.4 Å². The van der Waals surface area contributed by atoms with Gasteiger partial charge in [0.05, 0.1) is 16.8 Å². The van der Waals surface area contributed by atoms with Gasteiger partial charge in [0.15, 0.2) is 0 Å². The molecule has 0 saturated carbocycles. The maximum Gasteiger partial charge on any atom is 0.409 e. The molecular weight excluding hydrogens is 390 g/mol. The van der Waals surface area contributed by atoms with Crippen molar-refractivity contribution in [1.29, 1.82) is 0 Å². The lowest BCUT2D eigenvalue weighted by Crippen LogP contribution is -2.51. The molecule has 0 unspecified atom stereocenters. The van der Waals surface area contributed by atoms with Crippen molar-refractivity contribution in [3.8, 4) is 0 Å². The van der Waals surface area contributed by atoms with Crippen LogP contribution in [0.4, 0.5) is 13.6 Å². The van der Waals surface area contributed by atoms with Crippen LogP contribution in [0.5, 0.6) is 0 Å². The Hall–Kier alpha value is -1.71. The Morgan fingerprint density at radius 3 is 2.33 bits per heavy atom. The first kappa shape index (κ1) is 18.6. The molecule has 1 aliphatic rings. The molecule has 7 nitrogen and oxygen atoms in total. The Morgan fingerprint density at radius 1 is 1.25 bits per heavy atom. The second-order valence-corrected chi connectivity index (χ2v) is 6.10. The number of carbonyl (C=O) groups excluding carboxylic acids is 2. The molecule has 1 aromatic rings. The predicted molar refractivity (Wildman–Crippen MR) is 84.8 cm³/mol. The highest BCUT2D eigenvalue weighted by atomic mass is 79.9. The van der Waals surface area contributed by atoms with Crippen LogP contribution in [-0.4, -0.2) is 64.4 Å². The number of aromatic nitrogens is 2. The van der Waals surface area contributed by atoms with Gasteiger partial charge in [-0.3, -0.25) is 9.48 Å². The van der Waals surface area contributed by atoms with E-state index in [2.05, 4.69) is 21.0 Å². The topological polar surface area (TPSA) is 67.7 Å². The van der Waals surface area contributed by atoms with Crippen molar-refractivity contribution in [2.45, 2.75) is 26.8 Å². The largest absolute Gasteiger partial charge is 0.450 e. The van der Waals surface area contributed by atoms with E-state index in [-0.39, 0.29) is 22.6 Å². The number of hydrogen-bond acceptors (Lipinski definition) is 4. The summed E-state index contributed by atoms with van der Waals surface area (Å²) in [5, 5.41) is 3.80. The number of halogens is 3. The van der Waals surface area contributed by atoms with E-state index < -0.39 is 12.5 Å². The molecule has 0 bridgehead atoms. The summed E-state index contributed by atoms with van der Waals surface area (Å²) in [7, 11) is 0. The minimum atomic E-state index is -2.71. The van der Waals surface area contributed by atoms with Crippen LogP contribution >= 0.6 is 15.9 Å². The molecule has 0 aliphatic carbocycles. The first-order valence-corrected chi connectivity index (χ1v) is 8.34. The average Bonchev–Trinajstić information content (AvgIpc) is 2.84. The average molecular weight is 409 g/mol. The third-order valence-electron chi connectivity index (χ3n) is 3.81. The Balaban J connectivity index is 1.95. The highest BCUT2D eigenvalue weighted by Crippen LogP contribution is 2.29. The van der Waals surface area contributed by atoms with Gasteiger partial charge < -0.3 is 14.5 Å². The molecule has 10 heteroatoms. The second kappa shape index (κ2) is 7.91. The molecule has 1 fully saturated rings. The van der Waals surface area contributed by atoms with Crippen molar-refractivity contribution in [3.63, 3.8) is 0 Å². The number of ether oxygens (including phenoxy) is 1. The summed E-state index contributed by atoms with van der Waals surface area (Å²) in [6.07, 6.45) is -3.10. The standard InChI is InChI=1S/C14H19BrF2N4O3/c1-3-24-14(23)20-6-4-19(5-7-20)10(22)8-21-9(2)11(15)12(18-21)13(16)17/h13H,3-8H2,1-2H3. The predicted octanol–water partition coefficient (Wildman–Crippen LogP) is 2.19. The maximum atomic E-state index is 12.8. The minimum absolute atomic E-state index is 0.115. The fraction of sp³-hybridized carbons (Fsp3) is 0.643. The Kier molecular flexibility index (Phi) is 6.14. The van der Waals surface area contributed by atoms with Crippen molar-refractivity contribution < 1.29 is 23.1 Å². The van der Waals surface area contributed by atoms with Crippen molar-refractivity contribution >= 4 is 27.9 Å². The van der Waals surface area contributed by atoms with E-state index in [0.717, 1.165) is 0 Å². The van der Waals surface area contributed by atoms with Crippen molar-refractivity contribution in [1.82, 2.24) is 19.6 Å². The molecule has 0 N–H and O–H groups in total. The summed E-state index contributed by atoms with van der Waals surface area (Å²) in [4.78, 5) is 27.1. The van der Waals surface area contributed by atoms with Gasteiger partial charge in [-0.05, 0) is 29.8 Å². The molecule has 0 aromatic carbocycles. The second-order valence-electron chi connectivity index (χ2n) is 5.31. The summed E-state index contributed by atoms with van der Waals surface area (Å²) in [5.41, 5.74) is 0.108.